The average molecular weight is 234 g/mol. The molecule has 0 N–H and O–H groups in total. The van der Waals surface area contributed by atoms with Gasteiger partial charge in [0.15, 0.2) is 5.75 Å². The van der Waals surface area contributed by atoms with Crippen molar-refractivity contribution in [2.45, 2.75) is 13.8 Å². The van der Waals surface area contributed by atoms with Crippen LogP contribution in [-0.2, 0) is 0 Å². The van der Waals surface area contributed by atoms with Crippen molar-refractivity contribution in [1.29, 1.82) is 0 Å². The number of nitrogens with zero attached hydrogens (tertiary/aromatic N) is 2. The van der Waals surface area contributed by atoms with E-state index in [9.17, 15) is 4.53 Å². The van der Waals surface area contributed by atoms with E-state index in [-0.39, 0.29) is 5.75 Å². The van der Waals surface area contributed by atoms with Gasteiger partial charge in [0, 0.05) is 16.3 Å². The van der Waals surface area contributed by atoms with Gasteiger partial charge in [-0.15, -0.1) is 0 Å². The van der Waals surface area contributed by atoms with Crippen molar-refractivity contribution in [1.82, 2.24) is 9.97 Å². The molecule has 0 spiro atoms. The van der Waals surface area contributed by atoms with E-state index in [1.54, 1.807) is 25.1 Å². The van der Waals surface area contributed by atoms with E-state index >= 15 is 0 Å². The van der Waals surface area contributed by atoms with Crippen LogP contribution in [0.4, 0.5) is 4.53 Å². The number of halogens is 1. The van der Waals surface area contributed by atoms with E-state index in [1.807, 2.05) is 6.92 Å². The van der Waals surface area contributed by atoms with Gasteiger partial charge in [-0.05, 0) is 38.1 Å². The number of rotatable bonds is 3. The largest absolute Gasteiger partial charge is 0.439 e. The highest BCUT2D eigenvalue weighted by Crippen LogP contribution is 2.22. The van der Waals surface area contributed by atoms with Gasteiger partial charge in [0.1, 0.15) is 11.6 Å². The molecule has 0 aliphatic rings. The molecule has 0 radical (unpaired) electrons. The van der Waals surface area contributed by atoms with E-state index in [0.29, 0.717) is 17.5 Å². The molecule has 17 heavy (non-hydrogen) atoms. The van der Waals surface area contributed by atoms with Crippen LogP contribution in [0.25, 0.3) is 0 Å². The summed E-state index contributed by atoms with van der Waals surface area (Å²) in [6.45, 7) is 3.65. The van der Waals surface area contributed by atoms with Gasteiger partial charge in [-0.25, -0.2) is 4.98 Å². The van der Waals surface area contributed by atoms with Crippen LogP contribution in [0, 0.1) is 13.8 Å². The Morgan fingerprint density at radius 3 is 2.24 bits per heavy atom. The lowest BCUT2D eigenvalue weighted by Gasteiger charge is -2.06. The molecule has 0 atom stereocenters. The molecule has 88 valence electrons. The van der Waals surface area contributed by atoms with Crippen LogP contribution >= 0.6 is 0 Å². The predicted octanol–water partition coefficient (Wildman–Crippen LogP) is 3.15. The first-order valence-corrected chi connectivity index (χ1v) is 5.06. The molecular formula is C12H11FN2O2. The van der Waals surface area contributed by atoms with E-state index in [1.165, 1.54) is 12.1 Å². The predicted molar refractivity (Wildman–Crippen MR) is 59.8 cm³/mol. The quantitative estimate of drug-likeness (QED) is 0.818. The fraction of sp³-hybridized carbons (Fsp3) is 0.167. The minimum atomic E-state index is 0.132. The maximum absolute atomic E-state index is 11.8. The molecular weight excluding hydrogens is 223 g/mol. The molecule has 0 bridgehead atoms. The van der Waals surface area contributed by atoms with Crippen LogP contribution in [0.3, 0.4) is 0 Å². The van der Waals surface area contributed by atoms with Crippen molar-refractivity contribution in [2.75, 3.05) is 0 Å². The van der Waals surface area contributed by atoms with Gasteiger partial charge in [0.2, 0.25) is 5.88 Å². The van der Waals surface area contributed by atoms with Crippen LogP contribution < -0.4 is 9.68 Å². The molecule has 0 fully saturated rings. The van der Waals surface area contributed by atoms with Crippen molar-refractivity contribution in [3.05, 3.63) is 41.9 Å². The highest BCUT2D eigenvalue weighted by molar-refractivity contribution is 5.33. The summed E-state index contributed by atoms with van der Waals surface area (Å²) in [6, 6.07) is 7.86. The topological polar surface area (TPSA) is 44.2 Å². The molecule has 1 aromatic carbocycles. The Kier molecular flexibility index (Phi) is 3.18. The lowest BCUT2D eigenvalue weighted by molar-refractivity contribution is -0.00624. The lowest BCUT2D eigenvalue weighted by Crippen LogP contribution is -1.94. The number of aryl methyl sites for hydroxylation is 2. The Morgan fingerprint density at radius 2 is 1.65 bits per heavy atom. The summed E-state index contributed by atoms with van der Waals surface area (Å²) in [7, 11) is 0. The van der Waals surface area contributed by atoms with Gasteiger partial charge in [0.05, 0.1) is 0 Å². The Hall–Kier alpha value is -2.17. The van der Waals surface area contributed by atoms with E-state index in [0.717, 1.165) is 5.69 Å². The fourth-order valence-corrected chi connectivity index (χ4v) is 1.42. The first-order valence-electron chi connectivity index (χ1n) is 5.06. The smallest absolute Gasteiger partial charge is 0.222 e. The molecule has 1 heterocycles. The highest BCUT2D eigenvalue weighted by Gasteiger charge is 2.02. The van der Waals surface area contributed by atoms with Gasteiger partial charge in [-0.1, -0.05) is 0 Å². The normalized spacial score (nSPS) is 10.1. The minimum absolute atomic E-state index is 0.132. The minimum Gasteiger partial charge on any atom is -0.439 e. The third-order valence-corrected chi connectivity index (χ3v) is 2.08. The van der Waals surface area contributed by atoms with Crippen molar-refractivity contribution in [3.63, 3.8) is 0 Å². The van der Waals surface area contributed by atoms with Crippen LogP contribution in [0.15, 0.2) is 30.3 Å². The van der Waals surface area contributed by atoms with E-state index < -0.39 is 0 Å². The number of hydrogen-bond acceptors (Lipinski definition) is 4. The molecule has 4 nitrogen and oxygen atoms in total. The first kappa shape index (κ1) is 11.3. The Labute approximate surface area is 98.0 Å². The second-order valence-electron chi connectivity index (χ2n) is 3.55. The lowest BCUT2D eigenvalue weighted by atomic mass is 10.3. The summed E-state index contributed by atoms with van der Waals surface area (Å²) in [5.41, 5.74) is 0.830. The summed E-state index contributed by atoms with van der Waals surface area (Å²) < 4.78 is 17.3. The summed E-state index contributed by atoms with van der Waals surface area (Å²) in [5.74, 6) is 1.79. The van der Waals surface area contributed by atoms with Gasteiger partial charge in [-0.2, -0.15) is 4.98 Å². The van der Waals surface area contributed by atoms with Gasteiger partial charge >= 0.3 is 0 Å². The zero-order chi connectivity index (χ0) is 12.3. The molecule has 2 aromatic rings. The maximum Gasteiger partial charge on any atom is 0.222 e. The third-order valence-electron chi connectivity index (χ3n) is 2.08. The summed E-state index contributed by atoms with van der Waals surface area (Å²) >= 11 is 0. The second kappa shape index (κ2) is 4.78. The molecule has 0 saturated heterocycles. The summed E-state index contributed by atoms with van der Waals surface area (Å²) in [4.78, 5) is 11.9. The van der Waals surface area contributed by atoms with Crippen molar-refractivity contribution in [2.24, 2.45) is 0 Å². The number of hydrogen-bond donors (Lipinski definition) is 0. The van der Waals surface area contributed by atoms with Crippen LogP contribution in [0.5, 0.6) is 17.4 Å². The Balaban J connectivity index is 2.19. The molecule has 0 saturated carbocycles. The van der Waals surface area contributed by atoms with Crippen LogP contribution in [0.2, 0.25) is 0 Å². The van der Waals surface area contributed by atoms with E-state index in [2.05, 4.69) is 14.9 Å². The molecule has 0 unspecified atom stereocenters. The van der Waals surface area contributed by atoms with Gasteiger partial charge in [0.25, 0.3) is 0 Å². The average Bonchev–Trinajstić information content (AvgIpc) is 2.28. The Morgan fingerprint density at radius 1 is 1.00 bits per heavy atom. The van der Waals surface area contributed by atoms with Crippen LogP contribution in [0.1, 0.15) is 11.5 Å². The third kappa shape index (κ3) is 2.90. The zero-order valence-corrected chi connectivity index (χ0v) is 9.48. The fourth-order valence-electron chi connectivity index (χ4n) is 1.42. The summed E-state index contributed by atoms with van der Waals surface area (Å²) in [6.07, 6.45) is 0. The molecule has 0 aliphatic carbocycles. The molecule has 1 aromatic heterocycles. The van der Waals surface area contributed by atoms with Crippen molar-refractivity contribution in [3.8, 4) is 17.4 Å². The highest BCUT2D eigenvalue weighted by atomic mass is 19.3. The molecule has 0 aliphatic heterocycles. The van der Waals surface area contributed by atoms with E-state index in [4.69, 9.17) is 4.74 Å². The van der Waals surface area contributed by atoms with Gasteiger partial charge in [-0.3, -0.25) is 4.94 Å². The monoisotopic (exact) mass is 234 g/mol. The number of benzene rings is 1. The summed E-state index contributed by atoms with van der Waals surface area (Å²) in [5, 5.41) is 0. The Bertz CT molecular complexity index is 494. The maximum atomic E-state index is 11.8. The SMILES string of the molecule is Cc1cc(Oc2ccc(OF)cc2)nc(C)n1. The molecule has 2 rings (SSSR count). The standard InChI is InChI=1S/C12H11FN2O2/c1-8-7-12(15-9(2)14-8)16-10-3-5-11(17-13)6-4-10/h3-7H,1-2H3. The van der Waals surface area contributed by atoms with Crippen LogP contribution in [-0.4, -0.2) is 9.97 Å². The van der Waals surface area contributed by atoms with Crippen molar-refractivity contribution >= 4 is 0 Å². The first-order chi connectivity index (χ1) is 8.17. The number of ether oxygens (including phenoxy) is 1. The zero-order valence-electron chi connectivity index (χ0n) is 9.48. The van der Waals surface area contributed by atoms with Gasteiger partial charge < -0.3 is 4.74 Å². The molecule has 5 heteroatoms. The van der Waals surface area contributed by atoms with Crippen molar-refractivity contribution < 1.29 is 14.2 Å². The number of aromatic nitrogens is 2. The second-order valence-corrected chi connectivity index (χ2v) is 3.55. The molecule has 0 amide bonds.